The second kappa shape index (κ2) is 6.22. The van der Waals surface area contributed by atoms with Gasteiger partial charge in [0.1, 0.15) is 11.6 Å². The van der Waals surface area contributed by atoms with Crippen molar-refractivity contribution in [2.75, 3.05) is 11.4 Å². The van der Waals surface area contributed by atoms with E-state index in [4.69, 9.17) is 23.2 Å². The van der Waals surface area contributed by atoms with E-state index in [-0.39, 0.29) is 11.7 Å². The maximum Gasteiger partial charge on any atom is 0.146 e. The molecule has 100 valence electrons. The Morgan fingerprint density at radius 2 is 1.95 bits per heavy atom. The highest BCUT2D eigenvalue weighted by atomic mass is 35.5. The second-order valence-corrected chi connectivity index (χ2v) is 4.60. The van der Waals surface area contributed by atoms with Gasteiger partial charge in [0.05, 0.1) is 22.3 Å². The first-order valence-corrected chi connectivity index (χ1v) is 6.82. The highest BCUT2D eigenvalue weighted by Crippen LogP contribution is 2.28. The van der Waals surface area contributed by atoms with Crippen molar-refractivity contribution in [3.8, 4) is 0 Å². The summed E-state index contributed by atoms with van der Waals surface area (Å²) >= 11 is 11.8. The maximum atomic E-state index is 13.9. The van der Waals surface area contributed by atoms with Crippen LogP contribution in [0.4, 0.5) is 15.9 Å². The minimum Gasteiger partial charge on any atom is -0.324 e. The Kier molecular flexibility index (Phi) is 4.61. The Hall–Kier alpha value is -1.32. The van der Waals surface area contributed by atoms with Gasteiger partial charge in [0.15, 0.2) is 0 Å². The number of pyridine rings is 1. The zero-order valence-electron chi connectivity index (χ0n) is 10.4. The summed E-state index contributed by atoms with van der Waals surface area (Å²) in [4.78, 5) is 6.15. The molecular formula is C14H13Cl2FN2. The van der Waals surface area contributed by atoms with Crippen LogP contribution < -0.4 is 4.90 Å². The van der Waals surface area contributed by atoms with Gasteiger partial charge in [0.25, 0.3) is 0 Å². The van der Waals surface area contributed by atoms with Crippen molar-refractivity contribution in [3.05, 3.63) is 52.9 Å². The third-order valence-electron chi connectivity index (χ3n) is 2.77. The molecule has 2 rings (SSSR count). The van der Waals surface area contributed by atoms with Crippen molar-refractivity contribution in [3.63, 3.8) is 0 Å². The number of nitrogens with zero attached hydrogens (tertiary/aromatic N) is 2. The van der Waals surface area contributed by atoms with E-state index in [0.717, 1.165) is 0 Å². The first kappa shape index (κ1) is 14.1. The predicted octanol–water partition coefficient (Wildman–Crippen LogP) is 4.77. The molecule has 0 spiro atoms. The normalized spacial score (nSPS) is 10.5. The molecule has 0 radical (unpaired) electrons. The molecular weight excluding hydrogens is 286 g/mol. The van der Waals surface area contributed by atoms with E-state index < -0.39 is 0 Å². The molecule has 0 atom stereocenters. The number of alkyl halides is 1. The maximum absolute atomic E-state index is 13.9. The smallest absolute Gasteiger partial charge is 0.146 e. The summed E-state index contributed by atoms with van der Waals surface area (Å²) in [5, 5.41) is 0.517. The van der Waals surface area contributed by atoms with Crippen molar-refractivity contribution >= 4 is 34.7 Å². The third-order valence-corrected chi connectivity index (χ3v) is 3.36. The van der Waals surface area contributed by atoms with Crippen molar-refractivity contribution in [1.29, 1.82) is 0 Å². The molecule has 2 nitrogen and oxygen atoms in total. The van der Waals surface area contributed by atoms with E-state index in [0.29, 0.717) is 28.8 Å². The van der Waals surface area contributed by atoms with Crippen LogP contribution in [0.15, 0.2) is 36.4 Å². The highest BCUT2D eigenvalue weighted by Gasteiger charge is 2.14. The van der Waals surface area contributed by atoms with Crippen molar-refractivity contribution < 1.29 is 4.39 Å². The molecule has 19 heavy (non-hydrogen) atoms. The summed E-state index contributed by atoms with van der Waals surface area (Å²) in [5.74, 6) is 0.572. The quantitative estimate of drug-likeness (QED) is 0.756. The van der Waals surface area contributed by atoms with Crippen LogP contribution in [-0.2, 0) is 5.88 Å². The number of rotatable bonds is 4. The van der Waals surface area contributed by atoms with Gasteiger partial charge in [-0.05, 0) is 31.2 Å². The molecule has 0 aliphatic heterocycles. The van der Waals surface area contributed by atoms with Crippen LogP contribution in [0, 0.1) is 5.82 Å². The summed E-state index contributed by atoms with van der Waals surface area (Å²) in [6.07, 6.45) is 0. The van der Waals surface area contributed by atoms with Crippen LogP contribution in [0.1, 0.15) is 12.6 Å². The van der Waals surface area contributed by atoms with Crippen LogP contribution in [-0.4, -0.2) is 11.5 Å². The fraction of sp³-hybridized carbons (Fsp3) is 0.214. The van der Waals surface area contributed by atoms with E-state index >= 15 is 0 Å². The zero-order valence-corrected chi connectivity index (χ0v) is 11.9. The number of hydrogen-bond acceptors (Lipinski definition) is 2. The second-order valence-electron chi connectivity index (χ2n) is 3.93. The lowest BCUT2D eigenvalue weighted by atomic mass is 10.2. The average Bonchev–Trinajstić information content (AvgIpc) is 2.43. The predicted molar refractivity (Wildman–Crippen MR) is 77.9 cm³/mol. The van der Waals surface area contributed by atoms with Crippen LogP contribution in [0.2, 0.25) is 5.02 Å². The van der Waals surface area contributed by atoms with Gasteiger partial charge in [-0.2, -0.15) is 0 Å². The Morgan fingerprint density at radius 1 is 1.21 bits per heavy atom. The molecule has 2 aromatic rings. The summed E-state index contributed by atoms with van der Waals surface area (Å²) < 4.78 is 13.9. The van der Waals surface area contributed by atoms with Crippen LogP contribution in [0.5, 0.6) is 0 Å². The minimum atomic E-state index is -0.284. The van der Waals surface area contributed by atoms with Gasteiger partial charge in [-0.15, -0.1) is 11.6 Å². The summed E-state index contributed by atoms with van der Waals surface area (Å²) in [7, 11) is 0. The molecule has 0 unspecified atom stereocenters. The fourth-order valence-electron chi connectivity index (χ4n) is 1.84. The minimum absolute atomic E-state index is 0.224. The van der Waals surface area contributed by atoms with Gasteiger partial charge in [0.2, 0.25) is 0 Å². The SMILES string of the molecule is CCN(c1ccc(Cl)c(CCl)n1)c1ccccc1F. The first-order valence-electron chi connectivity index (χ1n) is 5.90. The molecule has 0 bridgehead atoms. The largest absolute Gasteiger partial charge is 0.324 e. The lowest BCUT2D eigenvalue weighted by Gasteiger charge is -2.23. The highest BCUT2D eigenvalue weighted by molar-refractivity contribution is 6.32. The molecule has 5 heteroatoms. The Balaban J connectivity index is 2.45. The van der Waals surface area contributed by atoms with Crippen LogP contribution in [0.25, 0.3) is 0 Å². The van der Waals surface area contributed by atoms with E-state index in [1.165, 1.54) is 6.07 Å². The van der Waals surface area contributed by atoms with E-state index in [2.05, 4.69) is 4.98 Å². The molecule has 1 aromatic heterocycles. The average molecular weight is 299 g/mol. The summed E-state index contributed by atoms with van der Waals surface area (Å²) in [5.41, 5.74) is 1.08. The van der Waals surface area contributed by atoms with Crippen molar-refractivity contribution in [2.24, 2.45) is 0 Å². The van der Waals surface area contributed by atoms with Gasteiger partial charge in [-0.25, -0.2) is 9.37 Å². The fourth-order valence-corrected chi connectivity index (χ4v) is 2.29. The van der Waals surface area contributed by atoms with Gasteiger partial charge < -0.3 is 4.90 Å². The van der Waals surface area contributed by atoms with Crippen LogP contribution >= 0.6 is 23.2 Å². The number of aromatic nitrogens is 1. The molecule has 1 heterocycles. The van der Waals surface area contributed by atoms with E-state index in [9.17, 15) is 4.39 Å². The lowest BCUT2D eigenvalue weighted by Crippen LogP contribution is -2.19. The third kappa shape index (κ3) is 2.99. The molecule has 0 aliphatic carbocycles. The van der Waals surface area contributed by atoms with E-state index in [1.807, 2.05) is 6.92 Å². The first-order chi connectivity index (χ1) is 9.17. The Morgan fingerprint density at radius 3 is 2.58 bits per heavy atom. The Labute approximate surface area is 121 Å². The van der Waals surface area contributed by atoms with Crippen LogP contribution in [0.3, 0.4) is 0 Å². The van der Waals surface area contributed by atoms with Crippen molar-refractivity contribution in [2.45, 2.75) is 12.8 Å². The number of para-hydroxylation sites is 1. The monoisotopic (exact) mass is 298 g/mol. The molecule has 0 saturated heterocycles. The van der Waals surface area contributed by atoms with Gasteiger partial charge in [-0.1, -0.05) is 23.7 Å². The zero-order chi connectivity index (χ0) is 13.8. The lowest BCUT2D eigenvalue weighted by molar-refractivity contribution is 0.625. The number of benzene rings is 1. The number of anilines is 2. The van der Waals surface area contributed by atoms with E-state index in [1.54, 1.807) is 35.2 Å². The Bertz CT molecular complexity index is 575. The standard InChI is InChI=1S/C14H13Cl2FN2/c1-2-19(13-6-4-3-5-11(13)17)14-8-7-10(16)12(9-15)18-14/h3-8H,2,9H2,1H3. The van der Waals surface area contributed by atoms with Gasteiger partial charge >= 0.3 is 0 Å². The molecule has 1 aromatic carbocycles. The van der Waals surface area contributed by atoms with Gasteiger partial charge in [-0.3, -0.25) is 0 Å². The summed E-state index contributed by atoms with van der Waals surface area (Å²) in [6, 6.07) is 10.1. The molecule has 0 N–H and O–H groups in total. The molecule has 0 amide bonds. The summed E-state index contributed by atoms with van der Waals surface area (Å²) in [6.45, 7) is 2.53. The van der Waals surface area contributed by atoms with Crippen molar-refractivity contribution in [1.82, 2.24) is 4.98 Å². The number of halogens is 3. The topological polar surface area (TPSA) is 16.1 Å². The van der Waals surface area contributed by atoms with Gasteiger partial charge in [0, 0.05) is 6.54 Å². The molecule has 0 aliphatic rings. The molecule has 0 fully saturated rings. The molecule has 0 saturated carbocycles. The number of hydrogen-bond donors (Lipinski definition) is 0.